The van der Waals surface area contributed by atoms with E-state index in [1.807, 2.05) is 0 Å². The van der Waals surface area contributed by atoms with Gasteiger partial charge in [0.25, 0.3) is 0 Å². The van der Waals surface area contributed by atoms with E-state index in [-0.39, 0.29) is 0 Å². The summed E-state index contributed by atoms with van der Waals surface area (Å²) in [7, 11) is -46.6. The first-order valence-electron chi connectivity index (χ1n) is 12.8. The number of rotatable bonds is 21. The highest BCUT2D eigenvalue weighted by Crippen LogP contribution is 2.44. The molecule has 1 saturated carbocycles. The van der Waals surface area contributed by atoms with Crippen molar-refractivity contribution in [2.75, 3.05) is 19.8 Å². The molecule has 1 saturated heterocycles. The van der Waals surface area contributed by atoms with Crippen molar-refractivity contribution in [2.45, 2.75) is 54.9 Å². The first-order chi connectivity index (χ1) is 24.2. The molecule has 0 aromatic rings. The monoisotopic (exact) mass is 978 g/mol. The van der Waals surface area contributed by atoms with E-state index in [0.29, 0.717) is 0 Å². The van der Waals surface area contributed by atoms with Crippen molar-refractivity contribution in [1.82, 2.24) is 0 Å². The van der Waals surface area contributed by atoms with E-state index in [9.17, 15) is 95.0 Å². The molecule has 8 N–H and O–H groups in total. The topological polar surface area (TPSA) is 510 Å². The van der Waals surface area contributed by atoms with Gasteiger partial charge in [0, 0.05) is 11.8 Å². The predicted molar refractivity (Wildman–Crippen MR) is 162 cm³/mol. The summed E-state index contributed by atoms with van der Waals surface area (Å²) in [6, 6.07) is 0. The molecule has 2 aliphatic rings. The van der Waals surface area contributed by atoms with Gasteiger partial charge in [0.1, 0.15) is 37.1 Å². The van der Waals surface area contributed by atoms with Gasteiger partial charge in [-0.3, -0.25) is 40.6 Å². The largest absolute Gasteiger partial charge is 0.397 e. The van der Waals surface area contributed by atoms with Crippen LogP contribution in [0.25, 0.3) is 0 Å². The zero-order chi connectivity index (χ0) is 43.0. The minimum Gasteiger partial charge on any atom is -0.339 e. The molecule has 3 unspecified atom stereocenters. The van der Waals surface area contributed by atoms with Gasteiger partial charge < -0.3 is 9.47 Å². The van der Waals surface area contributed by atoms with E-state index >= 15 is 0 Å². The van der Waals surface area contributed by atoms with E-state index in [2.05, 4.69) is 39.3 Å². The lowest BCUT2D eigenvalue weighted by molar-refractivity contribution is -0.309. The van der Waals surface area contributed by atoms with Crippen molar-refractivity contribution >= 4 is 88.7 Å². The van der Waals surface area contributed by atoms with Crippen molar-refractivity contribution in [1.29, 1.82) is 0 Å². The molecule has 10 atom stereocenters. The van der Waals surface area contributed by atoms with Gasteiger partial charge in [-0.05, 0) is 6.42 Å². The summed E-state index contributed by atoms with van der Waals surface area (Å²) in [4.78, 5) is 0. The second-order valence-corrected chi connectivity index (χ2v) is 19.1. The molecule has 0 amide bonds. The van der Waals surface area contributed by atoms with Crippen LogP contribution in [0.2, 0.25) is 0 Å². The third-order valence-electron chi connectivity index (χ3n) is 6.23. The molecule has 2 fully saturated rings. The van der Waals surface area contributed by atoms with E-state index < -0.39 is 164 Å². The maximum Gasteiger partial charge on any atom is 0.397 e. The second-order valence-electron chi connectivity index (χ2n) is 10.3. The first-order valence-corrected chi connectivity index (χ1v) is 23.9. The summed E-state index contributed by atoms with van der Waals surface area (Å²) in [6.45, 7) is -5.56. The lowest BCUT2D eigenvalue weighted by Crippen LogP contribution is -2.63. The molecule has 55 heavy (non-hydrogen) atoms. The maximum absolute atomic E-state index is 11.9. The summed E-state index contributed by atoms with van der Waals surface area (Å²) in [5, 5.41) is 0. The Bertz CT molecular complexity index is 2280. The molecule has 1 heterocycles. The van der Waals surface area contributed by atoms with Crippen molar-refractivity contribution in [3.63, 3.8) is 0 Å². The smallest absolute Gasteiger partial charge is 0.339 e. The van der Waals surface area contributed by atoms with Gasteiger partial charge >= 0.3 is 72.8 Å². The summed E-state index contributed by atoms with van der Waals surface area (Å²) in [5.41, 5.74) is 0. The van der Waals surface area contributed by atoms with Crippen LogP contribution in [0.4, 0.5) is 0 Å². The number of hydrogen-bond donors (Lipinski definition) is 8. The van der Waals surface area contributed by atoms with Crippen molar-refractivity contribution < 1.29 is 142 Å². The predicted octanol–water partition coefficient (Wildman–Crippen LogP) is -5.81. The van der Waals surface area contributed by atoms with Crippen LogP contribution in [-0.2, 0) is 126 Å². The molecule has 0 spiro atoms. The van der Waals surface area contributed by atoms with Gasteiger partial charge in [0.15, 0.2) is 16.2 Å². The van der Waals surface area contributed by atoms with E-state index in [4.69, 9.17) is 14.0 Å². The van der Waals surface area contributed by atoms with Crippen LogP contribution >= 0.6 is 0 Å². The van der Waals surface area contributed by atoms with Gasteiger partial charge in [0.2, 0.25) is 5.79 Å². The van der Waals surface area contributed by atoms with Crippen LogP contribution in [0.5, 0.6) is 0 Å². The average Bonchev–Trinajstić information content (AvgIpc) is 3.15. The lowest BCUT2D eigenvalue weighted by atomic mass is 9.81. The van der Waals surface area contributed by atoms with Gasteiger partial charge in [-0.1, -0.05) is 0 Å². The standard InChI is InChI=1S/C14H26O33S8/c1-48(15,16)38-4-8-11(45-53(29,30)31)13(47-55(35,36)37)14(42-8,5-40-50(20,21)22)41-7-2-6(3-39-49(17,18)19)9(43-51(23,24)25)12(46-54(32,33)34)10(7)44-52(26,27)28/h6-13H,1-5H2,(H,15,16)(H,17,18,19)(H,20,21,22)(H,23,24,25)(H,26,27,28)(H,29,30,31)(H,32,33,34)(H,35,36,37)/t6-,7?,8-,9-,10+,11?,12+,13+,14-/m1/s1. The summed E-state index contributed by atoms with van der Waals surface area (Å²) in [6.07, 6.45) is -22.9. The van der Waals surface area contributed by atoms with E-state index in [1.165, 1.54) is 0 Å². The third-order valence-corrected chi connectivity index (χ3v) is 9.89. The van der Waals surface area contributed by atoms with Gasteiger partial charge in [-0.15, -0.1) is 0 Å². The normalized spacial score (nSPS) is 31.6. The van der Waals surface area contributed by atoms with Gasteiger partial charge in [-0.25, -0.2) is 33.5 Å². The van der Waals surface area contributed by atoms with Gasteiger partial charge in [-0.2, -0.15) is 58.9 Å². The van der Waals surface area contributed by atoms with Crippen LogP contribution in [0.3, 0.4) is 0 Å². The van der Waals surface area contributed by atoms with Crippen LogP contribution < -0.4 is 0 Å². The fraction of sp³-hybridized carbons (Fsp3) is 0.929. The zero-order valence-electron chi connectivity index (χ0n) is 25.7. The Kier molecular flexibility index (Phi) is 15.7. The molecule has 0 aromatic carbocycles. The molecule has 33 nitrogen and oxygen atoms in total. The Morgan fingerprint density at radius 3 is 1.35 bits per heavy atom. The molecule has 1 aliphatic heterocycles. The fourth-order valence-electron chi connectivity index (χ4n) is 4.77. The minimum atomic E-state index is -6.15. The Hall–Kier alpha value is -1.05. The Morgan fingerprint density at radius 2 is 0.927 bits per heavy atom. The molecule has 1 aliphatic carbocycles. The molecule has 41 heteroatoms. The van der Waals surface area contributed by atoms with Crippen molar-refractivity contribution in [2.24, 2.45) is 5.92 Å². The SMILES string of the molecule is C=S(=O)(O)OC[C@H]1O[C@@](COS(=O)(=O)O)(OC2C[C@H](COS(=O)(=O)O)[C@@H](OS(=O)(=O)O)[C@H](OS(=O)(=O)O)[C@H]2OS(=O)(=O)O)[C@@H](OS(=O)(=O)O)C1OS(=O)(=O)O. The summed E-state index contributed by atoms with van der Waals surface area (Å²) >= 11 is 0. The third kappa shape index (κ3) is 18.2. The lowest BCUT2D eigenvalue weighted by Gasteiger charge is -2.46. The molecule has 2 rings (SSSR count). The number of hydrogen-bond acceptors (Lipinski definition) is 25. The molecule has 0 bridgehead atoms. The Labute approximate surface area is 310 Å². The van der Waals surface area contributed by atoms with Crippen molar-refractivity contribution in [3.8, 4) is 0 Å². The maximum atomic E-state index is 11.9. The molecular formula is C14H26O33S8. The first kappa shape index (κ1) is 50.1. The summed E-state index contributed by atoms with van der Waals surface area (Å²) in [5.74, 6) is -3.71. The van der Waals surface area contributed by atoms with Crippen LogP contribution in [0.1, 0.15) is 6.42 Å². The van der Waals surface area contributed by atoms with Crippen LogP contribution in [-0.4, -0.2) is 174 Å². The van der Waals surface area contributed by atoms with E-state index in [1.54, 1.807) is 0 Å². The average molecular weight is 979 g/mol. The number of ether oxygens (including phenoxy) is 2. The van der Waals surface area contributed by atoms with Crippen LogP contribution in [0, 0.1) is 5.92 Å². The Morgan fingerprint density at radius 1 is 0.509 bits per heavy atom. The highest BCUT2D eigenvalue weighted by molar-refractivity contribution is 7.90. The fourth-order valence-corrected chi connectivity index (χ4v) is 8.37. The minimum absolute atomic E-state index is 1.55. The molecule has 0 radical (unpaired) electrons. The zero-order valence-corrected chi connectivity index (χ0v) is 32.2. The highest BCUT2D eigenvalue weighted by Gasteiger charge is 2.65. The second kappa shape index (κ2) is 17.3. The van der Waals surface area contributed by atoms with E-state index in [0.717, 1.165) is 0 Å². The van der Waals surface area contributed by atoms with Gasteiger partial charge in [0.05, 0.1) is 19.3 Å². The molecule has 0 aromatic heterocycles. The highest BCUT2D eigenvalue weighted by atomic mass is 32.3. The van der Waals surface area contributed by atoms with Crippen LogP contribution in [0.15, 0.2) is 0 Å². The molecule has 328 valence electrons. The summed E-state index contributed by atoms with van der Waals surface area (Å²) < 4.78 is 295. The molecular weight excluding hydrogens is 953 g/mol. The quantitative estimate of drug-likeness (QED) is 0.0392. The Balaban J connectivity index is 3.07. The van der Waals surface area contributed by atoms with Crippen molar-refractivity contribution in [3.05, 3.63) is 0 Å².